The molecule has 0 aliphatic rings. The monoisotopic (exact) mass is 294 g/mol. The van der Waals surface area contributed by atoms with E-state index in [0.717, 1.165) is 12.1 Å². The van der Waals surface area contributed by atoms with Gasteiger partial charge < -0.3 is 11.1 Å². The van der Waals surface area contributed by atoms with Crippen LogP contribution in [0, 0.1) is 18.6 Å². The van der Waals surface area contributed by atoms with Crippen molar-refractivity contribution in [2.24, 2.45) is 0 Å². The zero-order chi connectivity index (χ0) is 15.6. The molecule has 0 aliphatic carbocycles. The van der Waals surface area contributed by atoms with E-state index >= 15 is 0 Å². The van der Waals surface area contributed by atoms with E-state index in [4.69, 9.17) is 5.73 Å². The van der Waals surface area contributed by atoms with Gasteiger partial charge in [0.05, 0.1) is 11.4 Å². The summed E-state index contributed by atoms with van der Waals surface area (Å²) in [6.45, 7) is 4.14. The van der Waals surface area contributed by atoms with Crippen LogP contribution in [0.1, 0.15) is 28.7 Å². The first-order valence-electron chi connectivity index (χ1n) is 6.49. The molecule has 0 saturated heterocycles. The SMILES string of the molecule is CCn1nc(C)c(N)c1C(=O)NCc1ccc(F)c(F)c1. The average molecular weight is 294 g/mol. The lowest BCUT2D eigenvalue weighted by Gasteiger charge is -2.08. The first-order chi connectivity index (χ1) is 9.93. The maximum Gasteiger partial charge on any atom is 0.271 e. The molecule has 1 heterocycles. The molecule has 7 heteroatoms. The molecule has 0 unspecified atom stereocenters. The summed E-state index contributed by atoms with van der Waals surface area (Å²) >= 11 is 0. The summed E-state index contributed by atoms with van der Waals surface area (Å²) in [5.74, 6) is -2.27. The Morgan fingerprint density at radius 1 is 1.38 bits per heavy atom. The van der Waals surface area contributed by atoms with Crippen molar-refractivity contribution in [3.05, 3.63) is 46.8 Å². The fourth-order valence-corrected chi connectivity index (χ4v) is 1.98. The summed E-state index contributed by atoms with van der Waals surface area (Å²) < 4.78 is 27.4. The van der Waals surface area contributed by atoms with Crippen LogP contribution in [0.2, 0.25) is 0 Å². The molecule has 1 aromatic carbocycles. The number of halogens is 2. The fraction of sp³-hybridized carbons (Fsp3) is 0.286. The average Bonchev–Trinajstić information content (AvgIpc) is 2.75. The molecule has 0 spiro atoms. The molecule has 0 atom stereocenters. The highest BCUT2D eigenvalue weighted by Gasteiger charge is 2.18. The van der Waals surface area contributed by atoms with Crippen LogP contribution >= 0.6 is 0 Å². The smallest absolute Gasteiger partial charge is 0.271 e. The fourth-order valence-electron chi connectivity index (χ4n) is 1.98. The van der Waals surface area contributed by atoms with Gasteiger partial charge in [0.15, 0.2) is 11.6 Å². The number of benzene rings is 1. The number of aryl methyl sites for hydroxylation is 2. The second-order valence-electron chi connectivity index (χ2n) is 4.59. The Kier molecular flexibility index (Phi) is 4.21. The zero-order valence-electron chi connectivity index (χ0n) is 11.8. The van der Waals surface area contributed by atoms with Crippen molar-refractivity contribution in [2.45, 2.75) is 26.9 Å². The van der Waals surface area contributed by atoms with Crippen molar-refractivity contribution in [3.63, 3.8) is 0 Å². The molecule has 2 aromatic rings. The molecule has 0 aliphatic heterocycles. The number of anilines is 1. The molecule has 0 saturated carbocycles. The number of nitrogens with zero attached hydrogens (tertiary/aromatic N) is 2. The summed E-state index contributed by atoms with van der Waals surface area (Å²) in [5, 5.41) is 6.77. The molecule has 0 bridgehead atoms. The summed E-state index contributed by atoms with van der Waals surface area (Å²) in [5.41, 5.74) is 7.47. The Balaban J connectivity index is 2.13. The third kappa shape index (κ3) is 3.01. The lowest BCUT2D eigenvalue weighted by molar-refractivity contribution is 0.0941. The molecule has 21 heavy (non-hydrogen) atoms. The number of hydrogen-bond acceptors (Lipinski definition) is 3. The van der Waals surface area contributed by atoms with Gasteiger partial charge >= 0.3 is 0 Å². The number of nitrogens with two attached hydrogens (primary N) is 1. The Morgan fingerprint density at radius 2 is 2.10 bits per heavy atom. The van der Waals surface area contributed by atoms with Gasteiger partial charge in [-0.1, -0.05) is 6.07 Å². The molecule has 0 fully saturated rings. The third-order valence-electron chi connectivity index (χ3n) is 3.13. The van der Waals surface area contributed by atoms with Crippen molar-refractivity contribution < 1.29 is 13.6 Å². The number of amides is 1. The van der Waals surface area contributed by atoms with Gasteiger partial charge in [0.25, 0.3) is 5.91 Å². The van der Waals surface area contributed by atoms with Gasteiger partial charge in [0.1, 0.15) is 5.69 Å². The zero-order valence-corrected chi connectivity index (χ0v) is 11.8. The first-order valence-corrected chi connectivity index (χ1v) is 6.49. The van der Waals surface area contributed by atoms with E-state index in [0.29, 0.717) is 23.5 Å². The molecule has 5 nitrogen and oxygen atoms in total. The molecule has 2 rings (SSSR count). The number of nitrogens with one attached hydrogen (secondary N) is 1. The largest absolute Gasteiger partial charge is 0.395 e. The lowest BCUT2D eigenvalue weighted by Crippen LogP contribution is -2.26. The molecule has 0 radical (unpaired) electrons. The highest BCUT2D eigenvalue weighted by molar-refractivity contribution is 5.97. The van der Waals surface area contributed by atoms with Crippen molar-refractivity contribution in [3.8, 4) is 0 Å². The van der Waals surface area contributed by atoms with E-state index in [2.05, 4.69) is 10.4 Å². The standard InChI is InChI=1S/C14H16F2N4O/c1-3-20-13(12(17)8(2)19-20)14(21)18-7-9-4-5-10(15)11(16)6-9/h4-6H,3,7,17H2,1-2H3,(H,18,21). The van der Waals surface area contributed by atoms with E-state index in [1.54, 1.807) is 6.92 Å². The minimum Gasteiger partial charge on any atom is -0.395 e. The van der Waals surface area contributed by atoms with Crippen molar-refractivity contribution in [2.75, 3.05) is 5.73 Å². The van der Waals surface area contributed by atoms with Crippen molar-refractivity contribution in [1.82, 2.24) is 15.1 Å². The maximum atomic E-state index is 13.1. The van der Waals surface area contributed by atoms with Crippen LogP contribution in [-0.2, 0) is 13.1 Å². The van der Waals surface area contributed by atoms with Gasteiger partial charge in [-0.15, -0.1) is 0 Å². The van der Waals surface area contributed by atoms with Gasteiger partial charge in [-0.3, -0.25) is 9.48 Å². The van der Waals surface area contributed by atoms with Crippen LogP contribution in [0.25, 0.3) is 0 Å². The molecule has 112 valence electrons. The van der Waals surface area contributed by atoms with E-state index in [1.807, 2.05) is 6.92 Å². The number of rotatable bonds is 4. The minimum atomic E-state index is -0.948. The van der Waals surface area contributed by atoms with Gasteiger partial charge in [-0.05, 0) is 31.5 Å². The van der Waals surface area contributed by atoms with Crippen LogP contribution < -0.4 is 11.1 Å². The highest BCUT2D eigenvalue weighted by atomic mass is 19.2. The molecular formula is C14H16F2N4O. The second-order valence-corrected chi connectivity index (χ2v) is 4.59. The van der Waals surface area contributed by atoms with E-state index in [1.165, 1.54) is 10.7 Å². The molecule has 1 aromatic heterocycles. The summed E-state index contributed by atoms with van der Waals surface area (Å²) in [6.07, 6.45) is 0. The predicted molar refractivity (Wildman–Crippen MR) is 74.6 cm³/mol. The van der Waals surface area contributed by atoms with Gasteiger partial charge in [-0.25, -0.2) is 8.78 Å². The van der Waals surface area contributed by atoms with Crippen LogP contribution in [-0.4, -0.2) is 15.7 Å². The van der Waals surface area contributed by atoms with E-state index < -0.39 is 17.5 Å². The molecule has 3 N–H and O–H groups in total. The second kappa shape index (κ2) is 5.90. The van der Waals surface area contributed by atoms with Crippen LogP contribution in [0.4, 0.5) is 14.5 Å². The minimum absolute atomic E-state index is 0.0728. The van der Waals surface area contributed by atoms with Crippen LogP contribution in [0.3, 0.4) is 0 Å². The van der Waals surface area contributed by atoms with Gasteiger partial charge in [-0.2, -0.15) is 5.10 Å². The van der Waals surface area contributed by atoms with Gasteiger partial charge in [0.2, 0.25) is 0 Å². The maximum absolute atomic E-state index is 13.1. The summed E-state index contributed by atoms with van der Waals surface area (Å²) in [7, 11) is 0. The quantitative estimate of drug-likeness (QED) is 0.906. The Labute approximate surface area is 120 Å². The Hall–Kier alpha value is -2.44. The number of aromatic nitrogens is 2. The number of hydrogen-bond donors (Lipinski definition) is 2. The predicted octanol–water partition coefficient (Wildman–Crippen LogP) is 2.00. The van der Waals surface area contributed by atoms with Gasteiger partial charge in [0, 0.05) is 13.1 Å². The Bertz CT molecular complexity index is 682. The lowest BCUT2D eigenvalue weighted by atomic mass is 10.2. The van der Waals surface area contributed by atoms with E-state index in [-0.39, 0.29) is 12.2 Å². The summed E-state index contributed by atoms with van der Waals surface area (Å²) in [4.78, 5) is 12.2. The van der Waals surface area contributed by atoms with Crippen molar-refractivity contribution in [1.29, 1.82) is 0 Å². The highest BCUT2D eigenvalue weighted by Crippen LogP contribution is 2.16. The number of nitrogen functional groups attached to an aromatic ring is 1. The van der Waals surface area contributed by atoms with E-state index in [9.17, 15) is 13.6 Å². The summed E-state index contributed by atoms with van der Waals surface area (Å²) in [6, 6.07) is 3.47. The molecular weight excluding hydrogens is 278 g/mol. The molecule has 1 amide bonds. The number of carbonyl (C=O) groups is 1. The van der Waals surface area contributed by atoms with Crippen molar-refractivity contribution >= 4 is 11.6 Å². The third-order valence-corrected chi connectivity index (χ3v) is 3.13. The van der Waals surface area contributed by atoms with Crippen LogP contribution in [0.5, 0.6) is 0 Å². The normalized spacial score (nSPS) is 10.7. The Morgan fingerprint density at radius 3 is 2.71 bits per heavy atom. The number of carbonyl (C=O) groups excluding carboxylic acids is 1. The van der Waals surface area contributed by atoms with Crippen LogP contribution in [0.15, 0.2) is 18.2 Å². The first kappa shape index (κ1) is 15.0. The topological polar surface area (TPSA) is 72.9 Å².